The van der Waals surface area contributed by atoms with Gasteiger partial charge in [-0.1, -0.05) is 31.4 Å². The highest BCUT2D eigenvalue weighted by molar-refractivity contribution is 6.00. The first-order valence-corrected chi connectivity index (χ1v) is 8.26. The number of carbonyl (C=O) groups is 1. The monoisotopic (exact) mass is 303 g/mol. The number of aliphatic hydroxyl groups excluding tert-OH is 1. The predicted molar refractivity (Wildman–Crippen MR) is 85.6 cm³/mol. The molecule has 1 aliphatic carbocycles. The number of methoxy groups -OCH3 is 1. The average molecular weight is 303 g/mol. The van der Waals surface area contributed by atoms with Crippen molar-refractivity contribution in [3.63, 3.8) is 0 Å². The zero-order chi connectivity index (χ0) is 15.6. The van der Waals surface area contributed by atoms with E-state index in [1.54, 1.807) is 12.0 Å². The lowest BCUT2D eigenvalue weighted by molar-refractivity contribution is -0.127. The second kappa shape index (κ2) is 6.39. The quantitative estimate of drug-likeness (QED) is 0.930. The second-order valence-electron chi connectivity index (χ2n) is 6.61. The molecule has 1 aromatic rings. The average Bonchev–Trinajstić information content (AvgIpc) is 2.77. The highest BCUT2D eigenvalue weighted by Crippen LogP contribution is 2.47. The van der Waals surface area contributed by atoms with E-state index in [-0.39, 0.29) is 11.3 Å². The normalized spacial score (nSPS) is 24.2. The Bertz CT molecular complexity index is 520. The fourth-order valence-corrected chi connectivity index (χ4v) is 3.90. The number of anilines is 1. The molecule has 1 aromatic carbocycles. The summed E-state index contributed by atoms with van der Waals surface area (Å²) in [6, 6.07) is 7.91. The summed E-state index contributed by atoms with van der Waals surface area (Å²) in [5.74, 6) is 0.115. The molecule has 2 fully saturated rings. The minimum Gasteiger partial charge on any atom is -0.384 e. The van der Waals surface area contributed by atoms with Gasteiger partial charge < -0.3 is 9.84 Å². The summed E-state index contributed by atoms with van der Waals surface area (Å²) in [5, 5.41) is 10.4. The van der Waals surface area contributed by atoms with Crippen LogP contribution in [-0.2, 0) is 16.0 Å². The van der Waals surface area contributed by atoms with E-state index >= 15 is 0 Å². The summed E-state index contributed by atoms with van der Waals surface area (Å²) in [4.78, 5) is 14.5. The fourth-order valence-electron chi connectivity index (χ4n) is 3.90. The van der Waals surface area contributed by atoms with Crippen molar-refractivity contribution in [2.24, 2.45) is 5.41 Å². The first-order chi connectivity index (χ1) is 10.7. The van der Waals surface area contributed by atoms with Crippen molar-refractivity contribution < 1.29 is 14.6 Å². The minimum absolute atomic E-state index is 0.115. The molecule has 120 valence electrons. The molecule has 1 aliphatic heterocycles. The minimum atomic E-state index is -0.685. The van der Waals surface area contributed by atoms with Crippen LogP contribution in [-0.4, -0.2) is 31.0 Å². The molecule has 1 unspecified atom stereocenters. The number of carbonyl (C=O) groups excluding carboxylic acids is 1. The number of ether oxygens (including phenoxy) is 1. The van der Waals surface area contributed by atoms with Crippen molar-refractivity contribution >= 4 is 11.6 Å². The number of rotatable bonds is 4. The van der Waals surface area contributed by atoms with Gasteiger partial charge in [-0.15, -0.1) is 0 Å². The van der Waals surface area contributed by atoms with Crippen LogP contribution in [0, 0.1) is 5.41 Å². The van der Waals surface area contributed by atoms with Crippen LogP contribution >= 0.6 is 0 Å². The Labute approximate surface area is 132 Å². The highest BCUT2D eigenvalue weighted by Gasteiger charge is 2.51. The van der Waals surface area contributed by atoms with Crippen molar-refractivity contribution in [1.29, 1.82) is 0 Å². The van der Waals surface area contributed by atoms with Crippen LogP contribution in [0.3, 0.4) is 0 Å². The Balaban J connectivity index is 1.77. The van der Waals surface area contributed by atoms with Gasteiger partial charge in [0.1, 0.15) is 6.23 Å². The van der Waals surface area contributed by atoms with Crippen molar-refractivity contribution in [1.82, 2.24) is 0 Å². The van der Waals surface area contributed by atoms with Gasteiger partial charge in [0.05, 0.1) is 12.0 Å². The van der Waals surface area contributed by atoms with Gasteiger partial charge in [0.2, 0.25) is 5.91 Å². The van der Waals surface area contributed by atoms with Crippen molar-refractivity contribution in [3.05, 3.63) is 29.8 Å². The SMILES string of the molecule is COCCc1ccc(N2C(=O)C3(CCCCC3)CC2O)cc1. The molecule has 1 saturated heterocycles. The van der Waals surface area contributed by atoms with Crippen molar-refractivity contribution in [2.75, 3.05) is 18.6 Å². The largest absolute Gasteiger partial charge is 0.384 e. The van der Waals surface area contributed by atoms with Crippen LogP contribution < -0.4 is 4.90 Å². The molecule has 1 atom stereocenters. The van der Waals surface area contributed by atoms with Gasteiger partial charge >= 0.3 is 0 Å². The van der Waals surface area contributed by atoms with Crippen molar-refractivity contribution in [2.45, 2.75) is 51.2 Å². The van der Waals surface area contributed by atoms with Gasteiger partial charge in [-0.05, 0) is 37.0 Å². The van der Waals surface area contributed by atoms with E-state index in [1.807, 2.05) is 24.3 Å². The summed E-state index contributed by atoms with van der Waals surface area (Å²) < 4.78 is 5.08. The Morgan fingerprint density at radius 3 is 2.55 bits per heavy atom. The van der Waals surface area contributed by atoms with E-state index in [2.05, 4.69) is 0 Å². The Morgan fingerprint density at radius 1 is 1.23 bits per heavy atom. The number of nitrogens with zero attached hydrogens (tertiary/aromatic N) is 1. The maximum absolute atomic E-state index is 12.9. The lowest BCUT2D eigenvalue weighted by Gasteiger charge is -2.31. The van der Waals surface area contributed by atoms with Gasteiger partial charge in [-0.25, -0.2) is 0 Å². The third-order valence-electron chi connectivity index (χ3n) is 5.16. The predicted octanol–water partition coefficient (Wildman–Crippen LogP) is 2.88. The van der Waals surface area contributed by atoms with E-state index < -0.39 is 6.23 Å². The molecule has 2 aliphatic rings. The van der Waals surface area contributed by atoms with Gasteiger partial charge in [0, 0.05) is 19.2 Å². The Morgan fingerprint density at radius 2 is 1.91 bits per heavy atom. The standard InChI is InChI=1S/C18H25NO3/c1-22-12-9-14-5-7-15(8-6-14)19-16(20)13-18(17(19)21)10-3-2-4-11-18/h5-8,16,20H,2-4,9-13H2,1H3. The number of hydrogen-bond acceptors (Lipinski definition) is 3. The Hall–Kier alpha value is -1.39. The molecule has 4 nitrogen and oxygen atoms in total. The first-order valence-electron chi connectivity index (χ1n) is 8.26. The number of hydrogen-bond donors (Lipinski definition) is 1. The number of amides is 1. The number of benzene rings is 1. The molecule has 0 bridgehead atoms. The maximum atomic E-state index is 12.9. The Kier molecular flexibility index (Phi) is 4.50. The van der Waals surface area contributed by atoms with Crippen molar-refractivity contribution in [3.8, 4) is 0 Å². The third-order valence-corrected chi connectivity index (χ3v) is 5.16. The van der Waals surface area contributed by atoms with E-state index in [1.165, 1.54) is 12.0 Å². The summed E-state index contributed by atoms with van der Waals surface area (Å²) >= 11 is 0. The molecule has 1 N–H and O–H groups in total. The molecule has 1 heterocycles. The highest BCUT2D eigenvalue weighted by atomic mass is 16.5. The maximum Gasteiger partial charge on any atom is 0.235 e. The molecule has 3 rings (SSSR count). The number of aliphatic hydroxyl groups is 1. The summed E-state index contributed by atoms with van der Waals surface area (Å²) in [7, 11) is 1.69. The van der Waals surface area contributed by atoms with Gasteiger partial charge in [0.15, 0.2) is 0 Å². The van der Waals surface area contributed by atoms with Gasteiger partial charge in [0.25, 0.3) is 0 Å². The van der Waals surface area contributed by atoms with E-state index in [9.17, 15) is 9.90 Å². The van der Waals surface area contributed by atoms with E-state index in [0.717, 1.165) is 37.8 Å². The third kappa shape index (κ3) is 2.77. The molecule has 22 heavy (non-hydrogen) atoms. The molecule has 1 amide bonds. The lowest BCUT2D eigenvalue weighted by atomic mass is 9.73. The van der Waals surface area contributed by atoms with Crippen LogP contribution in [0.5, 0.6) is 0 Å². The van der Waals surface area contributed by atoms with Crippen LogP contribution in [0.2, 0.25) is 0 Å². The molecular formula is C18H25NO3. The smallest absolute Gasteiger partial charge is 0.235 e. The zero-order valence-corrected chi connectivity index (χ0v) is 13.3. The molecule has 4 heteroatoms. The molecule has 1 saturated carbocycles. The fraction of sp³-hybridized carbons (Fsp3) is 0.611. The summed E-state index contributed by atoms with van der Waals surface area (Å²) in [5.41, 5.74) is 1.67. The zero-order valence-electron chi connectivity index (χ0n) is 13.3. The van der Waals surface area contributed by atoms with E-state index in [0.29, 0.717) is 13.0 Å². The lowest BCUT2D eigenvalue weighted by Crippen LogP contribution is -2.38. The van der Waals surface area contributed by atoms with Crippen LogP contribution in [0.25, 0.3) is 0 Å². The molecular weight excluding hydrogens is 278 g/mol. The first kappa shape index (κ1) is 15.5. The topological polar surface area (TPSA) is 49.8 Å². The van der Waals surface area contributed by atoms with Crippen LogP contribution in [0.15, 0.2) is 24.3 Å². The van der Waals surface area contributed by atoms with E-state index in [4.69, 9.17) is 4.74 Å². The molecule has 0 aromatic heterocycles. The van der Waals surface area contributed by atoms with Gasteiger partial charge in [-0.3, -0.25) is 9.69 Å². The summed E-state index contributed by atoms with van der Waals surface area (Å²) in [6.45, 7) is 0.688. The molecule has 0 radical (unpaired) electrons. The van der Waals surface area contributed by atoms with Gasteiger partial charge in [-0.2, -0.15) is 0 Å². The molecule has 1 spiro atoms. The summed E-state index contributed by atoms with van der Waals surface area (Å²) in [6.07, 6.45) is 6.00. The van der Waals surface area contributed by atoms with Crippen LogP contribution in [0.1, 0.15) is 44.1 Å². The second-order valence-corrected chi connectivity index (χ2v) is 6.61. The van der Waals surface area contributed by atoms with Crippen LogP contribution in [0.4, 0.5) is 5.69 Å².